The summed E-state index contributed by atoms with van der Waals surface area (Å²) in [4.78, 5) is 14.0. The van der Waals surface area contributed by atoms with Crippen LogP contribution in [-0.2, 0) is 26.2 Å². The number of halogens is 1. The minimum Gasteiger partial charge on any atom is -0.457 e. The van der Waals surface area contributed by atoms with Gasteiger partial charge in [0.15, 0.2) is 17.3 Å². The van der Waals surface area contributed by atoms with Crippen LogP contribution in [0.4, 0.5) is 0 Å². The number of fused-ring (bicyclic) bond motifs is 2. The van der Waals surface area contributed by atoms with Crippen molar-refractivity contribution in [3.05, 3.63) is 46.6 Å². The Morgan fingerprint density at radius 3 is 3.04 bits per heavy atom. The number of ether oxygens (including phenoxy) is 3. The van der Waals surface area contributed by atoms with Crippen molar-refractivity contribution in [2.24, 2.45) is 4.40 Å². The van der Waals surface area contributed by atoms with Crippen molar-refractivity contribution in [3.8, 4) is 11.5 Å². The Kier molecular flexibility index (Phi) is 4.12. The Morgan fingerprint density at radius 1 is 1.35 bits per heavy atom. The zero-order valence-corrected chi connectivity index (χ0v) is 14.9. The highest BCUT2D eigenvalue weighted by Gasteiger charge is 2.30. The molecular formula is C16H13ClN2O6S. The largest absolute Gasteiger partial charge is 0.457 e. The maximum atomic E-state index is 12.4. The predicted octanol–water partition coefficient (Wildman–Crippen LogP) is 1.61. The number of amidine groups is 1. The number of benzene rings is 1. The summed E-state index contributed by atoms with van der Waals surface area (Å²) in [5.41, 5.74) is 0.706. The summed E-state index contributed by atoms with van der Waals surface area (Å²) < 4.78 is 43.0. The number of carbonyl (C=O) groups excluding carboxylic acids is 1. The second kappa shape index (κ2) is 6.33. The molecule has 26 heavy (non-hydrogen) atoms. The van der Waals surface area contributed by atoms with Crippen LogP contribution in [0.25, 0.3) is 0 Å². The molecule has 8 nitrogen and oxygen atoms in total. The van der Waals surface area contributed by atoms with E-state index >= 15 is 0 Å². The maximum absolute atomic E-state index is 12.4. The van der Waals surface area contributed by atoms with E-state index in [1.54, 1.807) is 29.3 Å². The quantitative estimate of drug-likeness (QED) is 0.716. The fourth-order valence-corrected chi connectivity index (χ4v) is 3.98. The lowest BCUT2D eigenvalue weighted by atomic mass is 10.1. The lowest BCUT2D eigenvalue weighted by Gasteiger charge is -2.28. The molecular weight excluding hydrogens is 384 g/mol. The smallest absolute Gasteiger partial charge is 0.342 e. The van der Waals surface area contributed by atoms with Gasteiger partial charge in [0.1, 0.15) is 12.2 Å². The number of allylic oxidation sites excluding steroid dienone is 2. The molecule has 3 aliphatic heterocycles. The van der Waals surface area contributed by atoms with Gasteiger partial charge in [0, 0.05) is 12.7 Å². The molecule has 0 radical (unpaired) electrons. The van der Waals surface area contributed by atoms with E-state index in [9.17, 15) is 13.2 Å². The summed E-state index contributed by atoms with van der Waals surface area (Å²) in [5, 5.41) is 0.361. The average Bonchev–Trinajstić information content (AvgIpc) is 3.07. The molecule has 0 aliphatic carbocycles. The minimum absolute atomic E-state index is 0.0592. The molecule has 0 aromatic heterocycles. The van der Waals surface area contributed by atoms with Crippen LogP contribution < -0.4 is 9.47 Å². The van der Waals surface area contributed by atoms with Gasteiger partial charge >= 0.3 is 5.97 Å². The molecule has 0 unspecified atom stereocenters. The van der Waals surface area contributed by atoms with Crippen LogP contribution in [0.2, 0.25) is 5.02 Å². The van der Waals surface area contributed by atoms with E-state index in [2.05, 4.69) is 4.40 Å². The standard InChI is InChI=1S/C16H13ClN2O6S/c17-12-6-10(7-13-14(12)25-9-24-13)8-23-16(20)11-2-1-3-19-4-5-26(21,22)18-15(11)19/h1-3,6-7H,4-5,8-9H2. The highest BCUT2D eigenvalue weighted by Crippen LogP contribution is 2.40. The SMILES string of the molecule is O=C(OCc1cc(Cl)c2c(c1)OCO2)C1=CC=CN2CCS(=O)(=O)N=C12. The van der Waals surface area contributed by atoms with E-state index in [0.29, 0.717) is 22.1 Å². The molecule has 1 aromatic rings. The molecule has 10 heteroatoms. The normalized spacial score (nSPS) is 19.5. The van der Waals surface area contributed by atoms with Crippen LogP contribution in [0.5, 0.6) is 11.5 Å². The van der Waals surface area contributed by atoms with Gasteiger partial charge in [0.2, 0.25) is 6.79 Å². The molecule has 0 amide bonds. The van der Waals surface area contributed by atoms with E-state index in [1.165, 1.54) is 6.08 Å². The van der Waals surface area contributed by atoms with Gasteiger partial charge in [0.25, 0.3) is 10.0 Å². The van der Waals surface area contributed by atoms with Gasteiger partial charge in [0.05, 0.1) is 10.8 Å². The van der Waals surface area contributed by atoms with Gasteiger partial charge < -0.3 is 19.1 Å². The lowest BCUT2D eigenvalue weighted by molar-refractivity contribution is -0.139. The van der Waals surface area contributed by atoms with Gasteiger partial charge in [-0.1, -0.05) is 11.6 Å². The Hall–Kier alpha value is -2.52. The van der Waals surface area contributed by atoms with Crippen LogP contribution in [0.15, 0.2) is 40.5 Å². The zero-order chi connectivity index (χ0) is 18.3. The van der Waals surface area contributed by atoms with Crippen molar-refractivity contribution < 1.29 is 27.4 Å². The number of nitrogens with zero attached hydrogens (tertiary/aromatic N) is 2. The summed E-state index contributed by atoms with van der Waals surface area (Å²) in [6.07, 6.45) is 4.79. The molecule has 0 saturated heterocycles. The lowest BCUT2D eigenvalue weighted by Crippen LogP contribution is -2.40. The van der Waals surface area contributed by atoms with E-state index in [-0.39, 0.29) is 37.1 Å². The maximum Gasteiger partial charge on any atom is 0.342 e. The first-order chi connectivity index (χ1) is 12.4. The number of hydrogen-bond acceptors (Lipinski definition) is 7. The van der Waals surface area contributed by atoms with Gasteiger partial charge in [-0.3, -0.25) is 0 Å². The third kappa shape index (κ3) is 3.15. The third-order valence-electron chi connectivity index (χ3n) is 3.93. The van der Waals surface area contributed by atoms with E-state index in [0.717, 1.165) is 0 Å². The van der Waals surface area contributed by atoms with Crippen LogP contribution in [0, 0.1) is 0 Å². The Labute approximate surface area is 154 Å². The van der Waals surface area contributed by atoms with Crippen LogP contribution in [0.1, 0.15) is 5.56 Å². The average molecular weight is 397 g/mol. The number of esters is 1. The highest BCUT2D eigenvalue weighted by atomic mass is 35.5. The number of sulfonamides is 1. The van der Waals surface area contributed by atoms with E-state index in [4.69, 9.17) is 25.8 Å². The van der Waals surface area contributed by atoms with Gasteiger partial charge in [-0.15, -0.1) is 4.40 Å². The molecule has 0 spiro atoms. The molecule has 0 saturated carbocycles. The monoisotopic (exact) mass is 396 g/mol. The summed E-state index contributed by atoms with van der Waals surface area (Å²) in [7, 11) is -3.58. The van der Waals surface area contributed by atoms with Crippen molar-refractivity contribution in [3.63, 3.8) is 0 Å². The van der Waals surface area contributed by atoms with Crippen molar-refractivity contribution in [1.29, 1.82) is 0 Å². The van der Waals surface area contributed by atoms with Gasteiger partial charge in [-0.2, -0.15) is 0 Å². The molecule has 136 valence electrons. The molecule has 0 bridgehead atoms. The second-order valence-corrected chi connectivity index (χ2v) is 7.87. The predicted molar refractivity (Wildman–Crippen MR) is 92.5 cm³/mol. The first-order valence-electron chi connectivity index (χ1n) is 7.66. The molecule has 1 aromatic carbocycles. The highest BCUT2D eigenvalue weighted by molar-refractivity contribution is 7.90. The first-order valence-corrected chi connectivity index (χ1v) is 9.65. The van der Waals surface area contributed by atoms with Gasteiger partial charge in [-0.25, -0.2) is 13.2 Å². The number of rotatable bonds is 3. The summed E-state index contributed by atoms with van der Waals surface area (Å²) >= 11 is 6.10. The number of hydrogen-bond donors (Lipinski definition) is 0. The Morgan fingerprint density at radius 2 is 2.19 bits per heavy atom. The van der Waals surface area contributed by atoms with Crippen molar-refractivity contribution in [2.45, 2.75) is 6.61 Å². The Balaban J connectivity index is 1.52. The second-order valence-electron chi connectivity index (χ2n) is 5.70. The Bertz CT molecular complexity index is 983. The van der Waals surface area contributed by atoms with Crippen molar-refractivity contribution in [1.82, 2.24) is 4.90 Å². The first kappa shape index (κ1) is 16.9. The van der Waals surface area contributed by atoms with E-state index in [1.807, 2.05) is 0 Å². The van der Waals surface area contributed by atoms with Crippen LogP contribution >= 0.6 is 11.6 Å². The third-order valence-corrected chi connectivity index (χ3v) is 5.36. The van der Waals surface area contributed by atoms with Crippen LogP contribution in [0.3, 0.4) is 0 Å². The molecule has 3 aliphatic rings. The fraction of sp³-hybridized carbons (Fsp3) is 0.250. The topological polar surface area (TPSA) is 94.5 Å². The zero-order valence-electron chi connectivity index (χ0n) is 13.3. The van der Waals surface area contributed by atoms with Crippen LogP contribution in [-0.4, -0.2) is 44.2 Å². The summed E-state index contributed by atoms with van der Waals surface area (Å²) in [6, 6.07) is 3.29. The van der Waals surface area contributed by atoms with Crippen molar-refractivity contribution >= 4 is 33.4 Å². The van der Waals surface area contributed by atoms with Crippen molar-refractivity contribution in [2.75, 3.05) is 19.1 Å². The van der Waals surface area contributed by atoms with E-state index < -0.39 is 16.0 Å². The molecule has 4 rings (SSSR count). The fourth-order valence-electron chi connectivity index (χ4n) is 2.71. The molecule has 0 atom stereocenters. The summed E-state index contributed by atoms with van der Waals surface area (Å²) in [6.45, 7) is 0.262. The molecule has 0 fully saturated rings. The molecule has 3 heterocycles. The number of carbonyl (C=O) groups is 1. The molecule has 0 N–H and O–H groups in total. The summed E-state index contributed by atoms with van der Waals surface area (Å²) in [5.74, 6) is 0.242. The minimum atomic E-state index is -3.58. The van der Waals surface area contributed by atoms with Gasteiger partial charge in [-0.05, 0) is 29.8 Å².